The zero-order valence-corrected chi connectivity index (χ0v) is 16.3. The Morgan fingerprint density at radius 2 is 1.78 bits per heavy atom. The predicted octanol–water partition coefficient (Wildman–Crippen LogP) is 7.19. The average molecular weight is 358 g/mol. The number of nitrogens with zero attached hydrogens (tertiary/aromatic N) is 1. The lowest BCUT2D eigenvalue weighted by atomic mass is 9.85. The second kappa shape index (κ2) is 9.17. The third kappa shape index (κ3) is 5.19. The topological polar surface area (TPSA) is 12.4 Å². The second-order valence-corrected chi connectivity index (χ2v) is 8.15. The molecule has 0 N–H and O–H groups in total. The molecule has 4 aliphatic rings. The van der Waals surface area contributed by atoms with E-state index in [4.69, 9.17) is 4.99 Å². The predicted molar refractivity (Wildman–Crippen MR) is 117 cm³/mol. The molecule has 0 amide bonds. The highest BCUT2D eigenvalue weighted by atomic mass is 14.8. The van der Waals surface area contributed by atoms with Gasteiger partial charge in [0.1, 0.15) is 0 Å². The van der Waals surface area contributed by atoms with Gasteiger partial charge in [-0.2, -0.15) is 0 Å². The average Bonchev–Trinajstić information content (AvgIpc) is 2.75. The first-order chi connectivity index (χ1) is 13.4. The van der Waals surface area contributed by atoms with Crippen molar-refractivity contribution in [3.8, 4) is 0 Å². The van der Waals surface area contributed by atoms with Gasteiger partial charge in [0.2, 0.25) is 0 Å². The monoisotopic (exact) mass is 357 g/mol. The first-order valence-corrected chi connectivity index (χ1v) is 10.7. The molecule has 0 aliphatic heterocycles. The quantitative estimate of drug-likeness (QED) is 0.494. The van der Waals surface area contributed by atoms with E-state index >= 15 is 0 Å². The van der Waals surface area contributed by atoms with Gasteiger partial charge in [0, 0.05) is 11.4 Å². The summed E-state index contributed by atoms with van der Waals surface area (Å²) in [5.41, 5.74) is 5.42. The van der Waals surface area contributed by atoms with Crippen LogP contribution in [0.15, 0.2) is 88.7 Å². The summed E-state index contributed by atoms with van der Waals surface area (Å²) in [6, 6.07) is 0. The standard InChI is InChI=1S/C26H31N/c1-3-7-21(8-4-1)11-12-22-13-15-23(16-14-22)24-17-19-26(20-18-24)27-25-9-5-2-6-10-25/h1,3-5,7,9,13,15-17,19,21-22H,2,6,8,10-12,14,18,20H2. The summed E-state index contributed by atoms with van der Waals surface area (Å²) in [6.07, 6.45) is 36.1. The van der Waals surface area contributed by atoms with Crippen molar-refractivity contribution < 1.29 is 0 Å². The van der Waals surface area contributed by atoms with Gasteiger partial charge in [-0.3, -0.25) is 4.99 Å². The van der Waals surface area contributed by atoms with Crippen molar-refractivity contribution in [2.45, 2.75) is 57.8 Å². The van der Waals surface area contributed by atoms with E-state index in [-0.39, 0.29) is 0 Å². The maximum atomic E-state index is 4.85. The summed E-state index contributed by atoms with van der Waals surface area (Å²) >= 11 is 0. The minimum Gasteiger partial charge on any atom is -0.258 e. The lowest BCUT2D eigenvalue weighted by molar-refractivity contribution is 0.487. The largest absolute Gasteiger partial charge is 0.258 e. The maximum Gasteiger partial charge on any atom is 0.0410 e. The van der Waals surface area contributed by atoms with Crippen molar-refractivity contribution in [2.24, 2.45) is 16.8 Å². The highest BCUT2D eigenvalue weighted by Gasteiger charge is 2.15. The normalized spacial score (nSPS) is 28.9. The smallest absolute Gasteiger partial charge is 0.0410 e. The molecule has 0 saturated carbocycles. The van der Waals surface area contributed by atoms with Crippen molar-refractivity contribution in [2.75, 3.05) is 0 Å². The Hall–Kier alpha value is -2.15. The van der Waals surface area contributed by atoms with Crippen LogP contribution in [0.25, 0.3) is 0 Å². The van der Waals surface area contributed by atoms with Crippen molar-refractivity contribution in [3.63, 3.8) is 0 Å². The van der Waals surface area contributed by atoms with Crippen LogP contribution in [0.5, 0.6) is 0 Å². The minimum atomic E-state index is 0.716. The number of hydrogen-bond acceptors (Lipinski definition) is 1. The van der Waals surface area contributed by atoms with Gasteiger partial charge in [0.05, 0.1) is 0 Å². The van der Waals surface area contributed by atoms with Crippen LogP contribution in [-0.4, -0.2) is 5.71 Å². The molecule has 0 radical (unpaired) electrons. The van der Waals surface area contributed by atoms with E-state index in [0.717, 1.165) is 25.2 Å². The highest BCUT2D eigenvalue weighted by Crippen LogP contribution is 2.31. The maximum absolute atomic E-state index is 4.85. The molecule has 4 aliphatic carbocycles. The Bertz CT molecular complexity index is 779. The Labute approximate surface area is 164 Å². The molecule has 4 rings (SSSR count). The number of rotatable bonds is 5. The summed E-state index contributed by atoms with van der Waals surface area (Å²) in [4.78, 5) is 4.85. The molecular formula is C26H31N. The summed E-state index contributed by atoms with van der Waals surface area (Å²) in [5, 5.41) is 0. The van der Waals surface area contributed by atoms with Gasteiger partial charge in [0.15, 0.2) is 0 Å². The number of hydrogen-bond donors (Lipinski definition) is 0. The molecular weight excluding hydrogens is 326 g/mol. The van der Waals surface area contributed by atoms with Crippen LogP contribution in [-0.2, 0) is 0 Å². The third-order valence-electron chi connectivity index (χ3n) is 6.07. The second-order valence-electron chi connectivity index (χ2n) is 8.15. The minimum absolute atomic E-state index is 0.716. The zero-order chi connectivity index (χ0) is 18.3. The molecule has 0 aromatic heterocycles. The van der Waals surface area contributed by atoms with E-state index < -0.39 is 0 Å². The number of allylic oxidation sites excluding steroid dienone is 14. The molecule has 0 fully saturated rings. The molecule has 0 spiro atoms. The fourth-order valence-corrected chi connectivity index (χ4v) is 4.33. The fourth-order valence-electron chi connectivity index (χ4n) is 4.33. The van der Waals surface area contributed by atoms with Crippen molar-refractivity contribution >= 4 is 5.71 Å². The molecule has 2 atom stereocenters. The van der Waals surface area contributed by atoms with E-state index in [9.17, 15) is 0 Å². The van der Waals surface area contributed by atoms with Crippen molar-refractivity contribution in [1.29, 1.82) is 0 Å². The first-order valence-electron chi connectivity index (χ1n) is 10.7. The van der Waals surface area contributed by atoms with Crippen LogP contribution in [0.3, 0.4) is 0 Å². The van der Waals surface area contributed by atoms with Crippen LogP contribution in [0, 0.1) is 11.8 Å². The first kappa shape index (κ1) is 18.2. The van der Waals surface area contributed by atoms with Crippen LogP contribution in [0.1, 0.15) is 57.8 Å². The fraction of sp³-hybridized carbons (Fsp3) is 0.423. The molecule has 0 heterocycles. The van der Waals surface area contributed by atoms with Gasteiger partial charge in [-0.15, -0.1) is 0 Å². The number of aliphatic imine (C=N–C) groups is 1. The van der Waals surface area contributed by atoms with E-state index in [1.165, 1.54) is 61.1 Å². The van der Waals surface area contributed by atoms with Gasteiger partial charge >= 0.3 is 0 Å². The third-order valence-corrected chi connectivity index (χ3v) is 6.07. The Kier molecular flexibility index (Phi) is 6.19. The zero-order valence-electron chi connectivity index (χ0n) is 16.3. The van der Waals surface area contributed by atoms with Gasteiger partial charge in [-0.25, -0.2) is 0 Å². The molecule has 1 heteroatoms. The lowest BCUT2D eigenvalue weighted by Crippen LogP contribution is -2.06. The van der Waals surface area contributed by atoms with Gasteiger partial charge in [0.25, 0.3) is 0 Å². The molecule has 0 bridgehead atoms. The SMILES string of the molecule is C1=CCC(CCC2C=CC(C3=CC=C(N=C4C=CCCC4)CC3)=CC2)C=C1. The van der Waals surface area contributed by atoms with Gasteiger partial charge in [-0.05, 0) is 92.9 Å². The van der Waals surface area contributed by atoms with Crippen molar-refractivity contribution in [3.05, 3.63) is 83.7 Å². The van der Waals surface area contributed by atoms with E-state index in [0.29, 0.717) is 5.92 Å². The molecule has 0 aromatic carbocycles. The van der Waals surface area contributed by atoms with Crippen LogP contribution < -0.4 is 0 Å². The van der Waals surface area contributed by atoms with Crippen molar-refractivity contribution in [1.82, 2.24) is 0 Å². The van der Waals surface area contributed by atoms with Crippen LogP contribution in [0.4, 0.5) is 0 Å². The lowest BCUT2D eigenvalue weighted by Gasteiger charge is -2.21. The molecule has 1 nitrogen and oxygen atoms in total. The molecule has 27 heavy (non-hydrogen) atoms. The molecule has 0 aromatic rings. The summed E-state index contributed by atoms with van der Waals surface area (Å²) in [5.74, 6) is 1.46. The Balaban J connectivity index is 1.30. The Morgan fingerprint density at radius 1 is 0.852 bits per heavy atom. The van der Waals surface area contributed by atoms with E-state index in [1.807, 2.05) is 0 Å². The molecule has 140 valence electrons. The van der Waals surface area contributed by atoms with Gasteiger partial charge in [-0.1, -0.05) is 54.7 Å². The van der Waals surface area contributed by atoms with Crippen LogP contribution >= 0.6 is 0 Å². The Morgan fingerprint density at radius 3 is 2.44 bits per heavy atom. The van der Waals surface area contributed by atoms with E-state index in [1.54, 1.807) is 0 Å². The summed E-state index contributed by atoms with van der Waals surface area (Å²) in [6.45, 7) is 0. The van der Waals surface area contributed by atoms with Gasteiger partial charge < -0.3 is 0 Å². The molecule has 0 saturated heterocycles. The van der Waals surface area contributed by atoms with E-state index in [2.05, 4.69) is 66.8 Å². The summed E-state index contributed by atoms with van der Waals surface area (Å²) in [7, 11) is 0. The molecule has 2 unspecified atom stereocenters. The van der Waals surface area contributed by atoms with Crippen LogP contribution in [0.2, 0.25) is 0 Å². The highest BCUT2D eigenvalue weighted by molar-refractivity contribution is 5.96. The summed E-state index contributed by atoms with van der Waals surface area (Å²) < 4.78 is 0.